The highest BCUT2D eigenvalue weighted by atomic mass is 16.5. The number of carbonyl (C=O) groups is 1. The van der Waals surface area contributed by atoms with E-state index in [0.29, 0.717) is 18.7 Å². The monoisotopic (exact) mass is 214 g/mol. The summed E-state index contributed by atoms with van der Waals surface area (Å²) < 4.78 is 4.86. The molecule has 0 aromatic rings. The predicted molar refractivity (Wildman–Crippen MR) is 59.9 cm³/mol. The Morgan fingerprint density at radius 1 is 1.47 bits per heavy atom. The molecule has 1 amide bonds. The molecule has 88 valence electrons. The Bertz CT molecular complexity index is 199. The molecular formula is C11H22N2O2. The van der Waals surface area contributed by atoms with Gasteiger partial charge in [-0.2, -0.15) is 0 Å². The van der Waals surface area contributed by atoms with Gasteiger partial charge in [-0.25, -0.2) is 4.79 Å². The van der Waals surface area contributed by atoms with Gasteiger partial charge < -0.3 is 15.0 Å². The molecule has 1 rings (SSSR count). The van der Waals surface area contributed by atoms with E-state index >= 15 is 0 Å². The lowest BCUT2D eigenvalue weighted by atomic mass is 10.0. The Kier molecular flexibility index (Phi) is 4.88. The van der Waals surface area contributed by atoms with Gasteiger partial charge in [0, 0.05) is 25.2 Å². The number of rotatable bonds is 3. The number of hydrogen-bond acceptors (Lipinski definition) is 3. The topological polar surface area (TPSA) is 41.6 Å². The van der Waals surface area contributed by atoms with Gasteiger partial charge in [0.1, 0.15) is 0 Å². The Morgan fingerprint density at radius 2 is 2.07 bits per heavy atom. The van der Waals surface area contributed by atoms with Crippen LogP contribution in [0.25, 0.3) is 0 Å². The van der Waals surface area contributed by atoms with Crippen molar-refractivity contribution >= 4 is 6.09 Å². The van der Waals surface area contributed by atoms with E-state index in [1.54, 1.807) is 0 Å². The number of carbonyl (C=O) groups excluding carboxylic acids is 1. The molecule has 0 bridgehead atoms. The molecular weight excluding hydrogens is 192 g/mol. The van der Waals surface area contributed by atoms with E-state index in [2.05, 4.69) is 24.1 Å². The molecule has 1 saturated heterocycles. The lowest BCUT2D eigenvalue weighted by Crippen LogP contribution is -2.46. The quantitative estimate of drug-likeness (QED) is 0.776. The number of nitrogens with one attached hydrogen (secondary N) is 1. The molecule has 0 saturated carbocycles. The SMILES string of the molecule is CCOC(=O)NC1CCN(C(C)C)CC1. The Morgan fingerprint density at radius 3 is 2.53 bits per heavy atom. The maximum atomic E-state index is 11.2. The zero-order valence-electron chi connectivity index (χ0n) is 9.95. The van der Waals surface area contributed by atoms with Crippen molar-refractivity contribution in [3.05, 3.63) is 0 Å². The molecule has 0 radical (unpaired) electrons. The van der Waals surface area contributed by atoms with E-state index in [0.717, 1.165) is 25.9 Å². The van der Waals surface area contributed by atoms with Gasteiger partial charge in [0.05, 0.1) is 6.61 Å². The normalized spacial score (nSPS) is 19.2. The second-order valence-corrected chi connectivity index (χ2v) is 4.27. The van der Waals surface area contributed by atoms with Crippen LogP contribution < -0.4 is 5.32 Å². The molecule has 1 aliphatic rings. The van der Waals surface area contributed by atoms with E-state index in [-0.39, 0.29) is 6.09 Å². The molecule has 0 spiro atoms. The minimum atomic E-state index is -0.277. The fourth-order valence-electron chi connectivity index (χ4n) is 1.90. The molecule has 15 heavy (non-hydrogen) atoms. The minimum Gasteiger partial charge on any atom is -0.450 e. The van der Waals surface area contributed by atoms with Crippen LogP contribution in [-0.4, -0.2) is 42.8 Å². The van der Waals surface area contributed by atoms with Crippen molar-refractivity contribution in [1.82, 2.24) is 10.2 Å². The van der Waals surface area contributed by atoms with Gasteiger partial charge >= 0.3 is 6.09 Å². The summed E-state index contributed by atoms with van der Waals surface area (Å²) in [5.74, 6) is 0. The van der Waals surface area contributed by atoms with Crippen LogP contribution in [-0.2, 0) is 4.74 Å². The lowest BCUT2D eigenvalue weighted by molar-refractivity contribution is 0.129. The van der Waals surface area contributed by atoms with Crippen LogP contribution in [0.3, 0.4) is 0 Å². The van der Waals surface area contributed by atoms with E-state index < -0.39 is 0 Å². The second-order valence-electron chi connectivity index (χ2n) is 4.27. The minimum absolute atomic E-state index is 0.277. The third kappa shape index (κ3) is 4.08. The average Bonchev–Trinajstić information content (AvgIpc) is 2.18. The highest BCUT2D eigenvalue weighted by molar-refractivity contribution is 5.67. The van der Waals surface area contributed by atoms with Crippen molar-refractivity contribution in [2.45, 2.75) is 45.7 Å². The summed E-state index contributed by atoms with van der Waals surface area (Å²) in [6, 6.07) is 0.896. The molecule has 4 nitrogen and oxygen atoms in total. The predicted octanol–water partition coefficient (Wildman–Crippen LogP) is 1.61. The molecule has 0 unspecified atom stereocenters. The number of piperidine rings is 1. The highest BCUT2D eigenvalue weighted by Gasteiger charge is 2.22. The van der Waals surface area contributed by atoms with Gasteiger partial charge in [-0.15, -0.1) is 0 Å². The fraction of sp³-hybridized carbons (Fsp3) is 0.909. The number of likely N-dealkylation sites (tertiary alicyclic amines) is 1. The van der Waals surface area contributed by atoms with Crippen LogP contribution in [0.4, 0.5) is 4.79 Å². The molecule has 0 aromatic carbocycles. The van der Waals surface area contributed by atoms with Gasteiger partial charge in [0.2, 0.25) is 0 Å². The first-order valence-corrected chi connectivity index (χ1v) is 5.80. The third-order valence-corrected chi connectivity index (χ3v) is 2.86. The first kappa shape index (κ1) is 12.3. The van der Waals surface area contributed by atoms with Crippen molar-refractivity contribution in [3.8, 4) is 0 Å². The number of hydrogen-bond donors (Lipinski definition) is 1. The van der Waals surface area contributed by atoms with Crippen LogP contribution in [0.1, 0.15) is 33.6 Å². The third-order valence-electron chi connectivity index (χ3n) is 2.86. The van der Waals surface area contributed by atoms with Crippen molar-refractivity contribution in [3.63, 3.8) is 0 Å². The van der Waals surface area contributed by atoms with Crippen LogP contribution in [0.5, 0.6) is 0 Å². The molecule has 1 heterocycles. The van der Waals surface area contributed by atoms with Gasteiger partial charge in [0.15, 0.2) is 0 Å². The second kappa shape index (κ2) is 5.95. The van der Waals surface area contributed by atoms with Gasteiger partial charge in [-0.05, 0) is 33.6 Å². The van der Waals surface area contributed by atoms with Crippen molar-refractivity contribution < 1.29 is 9.53 Å². The summed E-state index contributed by atoms with van der Waals surface area (Å²) in [7, 11) is 0. The Labute approximate surface area is 92.0 Å². The molecule has 1 N–H and O–H groups in total. The average molecular weight is 214 g/mol. The van der Waals surface area contributed by atoms with E-state index in [9.17, 15) is 4.79 Å². The molecule has 0 aliphatic carbocycles. The molecule has 4 heteroatoms. The highest BCUT2D eigenvalue weighted by Crippen LogP contribution is 2.12. The Balaban J connectivity index is 2.22. The van der Waals surface area contributed by atoms with Crippen molar-refractivity contribution in [1.29, 1.82) is 0 Å². The summed E-state index contributed by atoms with van der Waals surface area (Å²) >= 11 is 0. The first-order valence-electron chi connectivity index (χ1n) is 5.80. The van der Waals surface area contributed by atoms with Crippen LogP contribution in [0.2, 0.25) is 0 Å². The van der Waals surface area contributed by atoms with Crippen molar-refractivity contribution in [2.24, 2.45) is 0 Å². The van der Waals surface area contributed by atoms with E-state index in [4.69, 9.17) is 4.74 Å². The van der Waals surface area contributed by atoms with Gasteiger partial charge in [-0.3, -0.25) is 0 Å². The zero-order valence-corrected chi connectivity index (χ0v) is 9.95. The number of ether oxygens (including phenoxy) is 1. The van der Waals surface area contributed by atoms with Gasteiger partial charge in [0.25, 0.3) is 0 Å². The largest absolute Gasteiger partial charge is 0.450 e. The summed E-state index contributed by atoms with van der Waals surface area (Å²) in [4.78, 5) is 13.6. The molecule has 1 aliphatic heterocycles. The molecule has 1 fully saturated rings. The van der Waals surface area contributed by atoms with Gasteiger partial charge in [-0.1, -0.05) is 0 Å². The standard InChI is InChI=1S/C11H22N2O2/c1-4-15-11(14)12-10-5-7-13(8-6-10)9(2)3/h9-10H,4-8H2,1-3H3,(H,12,14). The zero-order chi connectivity index (χ0) is 11.3. The molecule has 0 aromatic heterocycles. The first-order chi connectivity index (χ1) is 7.13. The smallest absolute Gasteiger partial charge is 0.407 e. The van der Waals surface area contributed by atoms with Crippen LogP contribution >= 0.6 is 0 Å². The Hall–Kier alpha value is -0.770. The fourth-order valence-corrected chi connectivity index (χ4v) is 1.90. The maximum Gasteiger partial charge on any atom is 0.407 e. The maximum absolute atomic E-state index is 11.2. The summed E-state index contributed by atoms with van der Waals surface area (Å²) in [5, 5.41) is 2.89. The van der Waals surface area contributed by atoms with E-state index in [1.165, 1.54) is 0 Å². The summed E-state index contributed by atoms with van der Waals surface area (Å²) in [6.07, 6.45) is 1.77. The van der Waals surface area contributed by atoms with Crippen LogP contribution in [0, 0.1) is 0 Å². The summed E-state index contributed by atoms with van der Waals surface area (Å²) in [6.45, 7) is 8.80. The lowest BCUT2D eigenvalue weighted by Gasteiger charge is -2.34. The number of amides is 1. The molecule has 0 atom stereocenters. The summed E-state index contributed by atoms with van der Waals surface area (Å²) in [5.41, 5.74) is 0. The number of nitrogens with zero attached hydrogens (tertiary/aromatic N) is 1. The van der Waals surface area contributed by atoms with Crippen molar-refractivity contribution in [2.75, 3.05) is 19.7 Å². The number of alkyl carbamates (subject to hydrolysis) is 1. The van der Waals surface area contributed by atoms with Crippen LogP contribution in [0.15, 0.2) is 0 Å². The van der Waals surface area contributed by atoms with E-state index in [1.807, 2.05) is 6.92 Å².